The van der Waals surface area contributed by atoms with Gasteiger partial charge < -0.3 is 15.4 Å². The third-order valence-electron chi connectivity index (χ3n) is 2.34. The predicted octanol–water partition coefficient (Wildman–Crippen LogP) is 2.74. The minimum Gasteiger partial charge on any atom is -0.378 e. The van der Waals surface area contributed by atoms with Gasteiger partial charge in [-0.1, -0.05) is 12.1 Å². The van der Waals surface area contributed by atoms with Crippen LogP contribution in [0.5, 0.6) is 0 Å². The number of nitro groups is 1. The molecule has 0 bridgehead atoms. The summed E-state index contributed by atoms with van der Waals surface area (Å²) in [6, 6.07) is 9.00. The van der Waals surface area contributed by atoms with Gasteiger partial charge in [0.25, 0.3) is 0 Å². The van der Waals surface area contributed by atoms with Crippen LogP contribution in [0, 0.1) is 15.9 Å². The summed E-state index contributed by atoms with van der Waals surface area (Å²) < 4.78 is 12.7. The van der Waals surface area contributed by atoms with Gasteiger partial charge in [-0.25, -0.2) is 4.39 Å². The zero-order chi connectivity index (χ0) is 13.0. The first kappa shape index (κ1) is 12.0. The number of hydrogen-bond acceptors (Lipinski definition) is 4. The number of pyridine rings is 1. The average Bonchev–Trinajstić information content (AvgIpc) is 2.38. The molecule has 92 valence electrons. The molecule has 6 heteroatoms. The molecule has 5 nitrogen and oxygen atoms in total. The highest BCUT2D eigenvalue weighted by atomic mass is 19.1. The van der Waals surface area contributed by atoms with E-state index in [2.05, 4.69) is 10.3 Å². The maximum atomic E-state index is 12.7. The molecule has 2 rings (SSSR count). The molecule has 1 aromatic heterocycles. The number of halogens is 1. The van der Waals surface area contributed by atoms with Crippen LogP contribution in [0.3, 0.4) is 0 Å². The Balaban J connectivity index is 1.97. The lowest BCUT2D eigenvalue weighted by atomic mass is 10.2. The first-order valence-electron chi connectivity index (χ1n) is 5.24. The van der Waals surface area contributed by atoms with Crippen LogP contribution < -0.4 is 5.32 Å². The van der Waals surface area contributed by atoms with Gasteiger partial charge in [0.1, 0.15) is 5.82 Å². The summed E-state index contributed by atoms with van der Waals surface area (Å²) in [6.07, 6.45) is 1.39. The molecule has 0 atom stereocenters. The minimum atomic E-state index is -0.552. The maximum Gasteiger partial charge on any atom is 0.363 e. The Hall–Kier alpha value is -2.50. The number of hydrogen-bond donors (Lipinski definition) is 1. The van der Waals surface area contributed by atoms with E-state index in [-0.39, 0.29) is 11.6 Å². The summed E-state index contributed by atoms with van der Waals surface area (Å²) >= 11 is 0. The second-order valence-corrected chi connectivity index (χ2v) is 3.64. The molecule has 0 aliphatic heterocycles. The van der Waals surface area contributed by atoms with Crippen molar-refractivity contribution in [2.24, 2.45) is 0 Å². The Kier molecular flexibility index (Phi) is 3.47. The fourth-order valence-electron chi connectivity index (χ4n) is 1.41. The molecule has 0 amide bonds. The van der Waals surface area contributed by atoms with Crippen molar-refractivity contribution in [2.45, 2.75) is 6.54 Å². The fourth-order valence-corrected chi connectivity index (χ4v) is 1.41. The quantitative estimate of drug-likeness (QED) is 0.666. The van der Waals surface area contributed by atoms with Crippen LogP contribution in [0.15, 0.2) is 42.6 Å². The van der Waals surface area contributed by atoms with Crippen LogP contribution in [0.4, 0.5) is 15.9 Å². The largest absolute Gasteiger partial charge is 0.378 e. The molecule has 0 fully saturated rings. The van der Waals surface area contributed by atoms with Crippen LogP contribution in [0.2, 0.25) is 0 Å². The van der Waals surface area contributed by atoms with Gasteiger partial charge in [0.15, 0.2) is 6.20 Å². The Morgan fingerprint density at radius 2 is 1.94 bits per heavy atom. The van der Waals surface area contributed by atoms with Crippen molar-refractivity contribution in [1.29, 1.82) is 0 Å². The molecular formula is C12H10FN3O2. The number of nitrogens with one attached hydrogen (secondary N) is 1. The summed E-state index contributed by atoms with van der Waals surface area (Å²) in [5.74, 6) is -0.474. The monoisotopic (exact) mass is 247 g/mol. The van der Waals surface area contributed by atoms with Gasteiger partial charge in [-0.2, -0.15) is 0 Å². The number of aromatic nitrogens is 1. The third-order valence-corrected chi connectivity index (χ3v) is 2.34. The third kappa shape index (κ3) is 3.00. The second kappa shape index (κ2) is 5.22. The SMILES string of the molecule is O=[N+]([O-])c1ccc(NCc2ccc(F)cc2)cn1. The van der Waals surface area contributed by atoms with Gasteiger partial charge in [-0.15, -0.1) is 0 Å². The smallest absolute Gasteiger partial charge is 0.363 e. The summed E-state index contributed by atoms with van der Waals surface area (Å²) in [4.78, 5) is 13.5. The highest BCUT2D eigenvalue weighted by Gasteiger charge is 2.05. The van der Waals surface area contributed by atoms with Crippen molar-refractivity contribution in [3.8, 4) is 0 Å². The summed E-state index contributed by atoms with van der Waals surface area (Å²) in [7, 11) is 0. The number of rotatable bonds is 4. The molecule has 1 N–H and O–H groups in total. The minimum absolute atomic E-state index is 0.192. The molecular weight excluding hydrogens is 237 g/mol. The first-order chi connectivity index (χ1) is 8.65. The summed E-state index contributed by atoms with van der Waals surface area (Å²) in [5, 5.41) is 13.4. The van der Waals surface area contributed by atoms with E-state index in [0.29, 0.717) is 12.2 Å². The highest BCUT2D eigenvalue weighted by Crippen LogP contribution is 2.12. The first-order valence-corrected chi connectivity index (χ1v) is 5.24. The van der Waals surface area contributed by atoms with Crippen LogP contribution >= 0.6 is 0 Å². The van der Waals surface area contributed by atoms with Crippen molar-refractivity contribution in [1.82, 2.24) is 4.98 Å². The van der Waals surface area contributed by atoms with Crippen molar-refractivity contribution >= 4 is 11.5 Å². The highest BCUT2D eigenvalue weighted by molar-refractivity contribution is 5.43. The van der Waals surface area contributed by atoms with Gasteiger partial charge in [-0.3, -0.25) is 0 Å². The van der Waals surface area contributed by atoms with E-state index in [1.807, 2.05) is 0 Å². The summed E-state index contributed by atoms with van der Waals surface area (Å²) in [6.45, 7) is 0.500. The van der Waals surface area contributed by atoms with Crippen LogP contribution in [0.25, 0.3) is 0 Å². The van der Waals surface area contributed by atoms with Gasteiger partial charge >= 0.3 is 5.82 Å². The lowest BCUT2D eigenvalue weighted by molar-refractivity contribution is -0.389. The van der Waals surface area contributed by atoms with Gasteiger partial charge in [0, 0.05) is 12.6 Å². The number of anilines is 1. The van der Waals surface area contributed by atoms with Crippen LogP contribution in [-0.2, 0) is 6.54 Å². The molecule has 0 aliphatic rings. The molecule has 0 spiro atoms. The van der Waals surface area contributed by atoms with Crippen molar-refractivity contribution in [3.05, 3.63) is 64.1 Å². The predicted molar refractivity (Wildman–Crippen MR) is 64.6 cm³/mol. The van der Waals surface area contributed by atoms with E-state index in [1.54, 1.807) is 18.2 Å². The van der Waals surface area contributed by atoms with Gasteiger partial charge in [0.2, 0.25) is 0 Å². The van der Waals surface area contributed by atoms with Crippen molar-refractivity contribution in [2.75, 3.05) is 5.32 Å². The van der Waals surface area contributed by atoms with Crippen molar-refractivity contribution < 1.29 is 9.31 Å². The molecule has 1 aromatic carbocycles. The van der Waals surface area contributed by atoms with E-state index in [1.165, 1.54) is 24.4 Å². The van der Waals surface area contributed by atoms with Gasteiger partial charge in [-0.05, 0) is 33.7 Å². The Morgan fingerprint density at radius 1 is 1.22 bits per heavy atom. The average molecular weight is 247 g/mol. The molecule has 0 aliphatic carbocycles. The van der Waals surface area contributed by atoms with E-state index in [0.717, 1.165) is 5.56 Å². The van der Waals surface area contributed by atoms with E-state index in [4.69, 9.17) is 0 Å². The molecule has 0 unspecified atom stereocenters. The van der Waals surface area contributed by atoms with Crippen LogP contribution in [-0.4, -0.2) is 9.91 Å². The fraction of sp³-hybridized carbons (Fsp3) is 0.0833. The summed E-state index contributed by atoms with van der Waals surface area (Å²) in [5.41, 5.74) is 1.58. The standard InChI is InChI=1S/C12H10FN3O2/c13-10-3-1-9(2-4-10)7-14-11-5-6-12(15-8-11)16(17)18/h1-6,8,14H,7H2. The zero-order valence-corrected chi connectivity index (χ0v) is 9.34. The maximum absolute atomic E-state index is 12.7. The van der Waals surface area contributed by atoms with Gasteiger partial charge in [0.05, 0.1) is 5.69 Å². The molecule has 0 radical (unpaired) electrons. The Morgan fingerprint density at radius 3 is 2.50 bits per heavy atom. The Bertz CT molecular complexity index is 540. The molecule has 2 aromatic rings. The Labute approximate surface area is 102 Å². The van der Waals surface area contributed by atoms with Crippen LogP contribution in [0.1, 0.15) is 5.56 Å². The lowest BCUT2D eigenvalue weighted by Crippen LogP contribution is -2.00. The second-order valence-electron chi connectivity index (χ2n) is 3.64. The van der Waals surface area contributed by atoms with E-state index in [9.17, 15) is 14.5 Å². The lowest BCUT2D eigenvalue weighted by Gasteiger charge is -2.04. The van der Waals surface area contributed by atoms with E-state index >= 15 is 0 Å². The number of nitrogens with zero attached hydrogens (tertiary/aromatic N) is 2. The molecule has 1 heterocycles. The zero-order valence-electron chi connectivity index (χ0n) is 9.34. The van der Waals surface area contributed by atoms with E-state index < -0.39 is 4.92 Å². The molecule has 0 saturated carbocycles. The normalized spacial score (nSPS) is 10.1. The van der Waals surface area contributed by atoms with Crippen molar-refractivity contribution in [3.63, 3.8) is 0 Å². The molecule has 18 heavy (non-hydrogen) atoms. The molecule has 0 saturated heterocycles. The number of benzene rings is 1. The topological polar surface area (TPSA) is 68.1 Å².